The average molecular weight is 465 g/mol. The van der Waals surface area contributed by atoms with Gasteiger partial charge in [-0.15, -0.1) is 0 Å². The van der Waals surface area contributed by atoms with E-state index in [1.54, 1.807) is 36.4 Å². The van der Waals surface area contributed by atoms with Gasteiger partial charge in [0.25, 0.3) is 5.56 Å². The summed E-state index contributed by atoms with van der Waals surface area (Å²) < 4.78 is 15.2. The molecule has 31 heavy (non-hydrogen) atoms. The number of amides is 2. The molecular weight excluding hydrogens is 450 g/mol. The number of halogens is 3. The van der Waals surface area contributed by atoms with Crippen molar-refractivity contribution >= 4 is 46.4 Å². The van der Waals surface area contributed by atoms with E-state index >= 15 is 0 Å². The average Bonchev–Trinajstić information content (AvgIpc) is 2.73. The van der Waals surface area contributed by atoms with E-state index in [9.17, 15) is 23.6 Å². The minimum absolute atomic E-state index is 0.246. The molecule has 0 aliphatic carbocycles. The van der Waals surface area contributed by atoms with E-state index in [0.717, 1.165) is 0 Å². The summed E-state index contributed by atoms with van der Waals surface area (Å²) >= 11 is 11.9. The first-order valence-electron chi connectivity index (χ1n) is 8.85. The number of nitrogens with one attached hydrogen (secondary N) is 2. The SMILES string of the molecule is O=C(Cn1cc(F)c(=O)n(CC(=O)Nc2ccccc2Cl)c1=O)Nc1ccccc1Cl. The lowest BCUT2D eigenvalue weighted by atomic mass is 10.3. The summed E-state index contributed by atoms with van der Waals surface area (Å²) in [6.07, 6.45) is 0.610. The molecule has 2 amide bonds. The summed E-state index contributed by atoms with van der Waals surface area (Å²) in [5.74, 6) is -2.75. The molecule has 160 valence electrons. The zero-order valence-corrected chi connectivity index (χ0v) is 17.3. The molecule has 1 aromatic heterocycles. The lowest BCUT2D eigenvalue weighted by Crippen LogP contribution is -2.44. The molecule has 3 rings (SSSR count). The zero-order chi connectivity index (χ0) is 22.5. The van der Waals surface area contributed by atoms with Crippen molar-refractivity contribution in [1.82, 2.24) is 9.13 Å². The Balaban J connectivity index is 1.81. The highest BCUT2D eigenvalue weighted by Crippen LogP contribution is 2.21. The van der Waals surface area contributed by atoms with Crippen molar-refractivity contribution in [2.75, 3.05) is 10.6 Å². The fraction of sp³-hybridized carbons (Fsp3) is 0.100. The molecule has 0 spiro atoms. The van der Waals surface area contributed by atoms with Crippen LogP contribution in [-0.4, -0.2) is 20.9 Å². The van der Waals surface area contributed by atoms with E-state index in [1.807, 2.05) is 0 Å². The van der Waals surface area contributed by atoms with Gasteiger partial charge in [-0.1, -0.05) is 47.5 Å². The van der Waals surface area contributed by atoms with Crippen molar-refractivity contribution < 1.29 is 14.0 Å². The van der Waals surface area contributed by atoms with Crippen molar-refractivity contribution in [2.45, 2.75) is 13.1 Å². The minimum atomic E-state index is -1.30. The van der Waals surface area contributed by atoms with E-state index in [-0.39, 0.29) is 15.7 Å². The van der Waals surface area contributed by atoms with E-state index in [0.29, 0.717) is 21.0 Å². The highest BCUT2D eigenvalue weighted by atomic mass is 35.5. The fourth-order valence-electron chi connectivity index (χ4n) is 2.67. The van der Waals surface area contributed by atoms with Gasteiger partial charge in [0.1, 0.15) is 13.1 Å². The van der Waals surface area contributed by atoms with E-state index < -0.39 is 42.0 Å². The standard InChI is InChI=1S/C20H15Cl2FN4O4/c21-12-5-1-3-7-15(12)24-17(28)10-26-9-14(23)19(30)27(20(26)31)11-18(29)25-16-8-4-2-6-13(16)22/h1-9H,10-11H2,(H,24,28)(H,25,29). The van der Waals surface area contributed by atoms with Crippen LogP contribution in [0, 0.1) is 5.82 Å². The predicted molar refractivity (Wildman–Crippen MR) is 115 cm³/mol. The normalized spacial score (nSPS) is 10.5. The molecule has 0 aliphatic heterocycles. The second-order valence-corrected chi connectivity index (χ2v) is 7.15. The van der Waals surface area contributed by atoms with Crippen LogP contribution in [-0.2, 0) is 22.7 Å². The summed E-state index contributed by atoms with van der Waals surface area (Å²) in [5.41, 5.74) is -1.76. The Morgan fingerprint density at radius 1 is 0.839 bits per heavy atom. The molecule has 2 aromatic carbocycles. The maximum absolute atomic E-state index is 14.1. The Kier molecular flexibility index (Phi) is 6.88. The number of aromatic nitrogens is 2. The van der Waals surface area contributed by atoms with Gasteiger partial charge in [0, 0.05) is 0 Å². The quantitative estimate of drug-likeness (QED) is 0.585. The van der Waals surface area contributed by atoms with Crippen molar-refractivity contribution in [3.05, 3.63) is 91.4 Å². The lowest BCUT2D eigenvalue weighted by Gasteiger charge is -2.12. The Hall–Kier alpha value is -3.43. The van der Waals surface area contributed by atoms with Gasteiger partial charge in [-0.2, -0.15) is 4.39 Å². The molecular formula is C20H15Cl2FN4O4. The fourth-order valence-corrected chi connectivity index (χ4v) is 3.04. The smallest absolute Gasteiger partial charge is 0.323 e. The molecule has 0 bridgehead atoms. The van der Waals surface area contributed by atoms with E-state index in [4.69, 9.17) is 23.2 Å². The van der Waals surface area contributed by atoms with Crippen LogP contribution in [0.3, 0.4) is 0 Å². The van der Waals surface area contributed by atoms with E-state index in [2.05, 4.69) is 10.6 Å². The lowest BCUT2D eigenvalue weighted by molar-refractivity contribution is -0.117. The summed E-state index contributed by atoms with van der Waals surface area (Å²) in [7, 11) is 0. The zero-order valence-electron chi connectivity index (χ0n) is 15.8. The Morgan fingerprint density at radius 2 is 1.32 bits per heavy atom. The molecule has 0 aliphatic rings. The number of carbonyl (C=O) groups excluding carboxylic acids is 2. The molecule has 8 nitrogen and oxygen atoms in total. The van der Waals surface area contributed by atoms with Crippen LogP contribution in [0.5, 0.6) is 0 Å². The second kappa shape index (κ2) is 9.59. The van der Waals surface area contributed by atoms with Crippen LogP contribution in [0.2, 0.25) is 10.0 Å². The maximum atomic E-state index is 14.1. The third-order valence-corrected chi connectivity index (χ3v) is 4.77. The van der Waals surface area contributed by atoms with Crippen LogP contribution in [0.1, 0.15) is 0 Å². The molecule has 0 saturated carbocycles. The molecule has 1 heterocycles. The number of hydrogen-bond donors (Lipinski definition) is 2. The van der Waals surface area contributed by atoms with Gasteiger partial charge in [0.15, 0.2) is 0 Å². The number of para-hydroxylation sites is 2. The van der Waals surface area contributed by atoms with Crippen LogP contribution < -0.4 is 21.9 Å². The van der Waals surface area contributed by atoms with Crippen LogP contribution >= 0.6 is 23.2 Å². The number of carbonyl (C=O) groups is 2. The minimum Gasteiger partial charge on any atom is -0.323 e. The summed E-state index contributed by atoms with van der Waals surface area (Å²) in [6.45, 7) is -1.37. The van der Waals surface area contributed by atoms with E-state index in [1.165, 1.54) is 12.1 Å². The molecule has 0 saturated heterocycles. The van der Waals surface area contributed by atoms with Gasteiger partial charge < -0.3 is 10.6 Å². The second-order valence-electron chi connectivity index (χ2n) is 6.33. The summed E-state index contributed by atoms with van der Waals surface area (Å²) in [6, 6.07) is 12.8. The molecule has 11 heteroatoms. The first-order chi connectivity index (χ1) is 14.8. The molecule has 2 N–H and O–H groups in total. The maximum Gasteiger partial charge on any atom is 0.332 e. The summed E-state index contributed by atoms with van der Waals surface area (Å²) in [5, 5.41) is 5.44. The largest absolute Gasteiger partial charge is 0.332 e. The van der Waals surface area contributed by atoms with Crippen molar-refractivity contribution in [1.29, 1.82) is 0 Å². The van der Waals surface area contributed by atoms with Crippen molar-refractivity contribution in [3.8, 4) is 0 Å². The number of hydrogen-bond acceptors (Lipinski definition) is 4. The van der Waals surface area contributed by atoms with Gasteiger partial charge in [0.05, 0.1) is 27.6 Å². The monoisotopic (exact) mass is 464 g/mol. The van der Waals surface area contributed by atoms with Crippen LogP contribution in [0.4, 0.5) is 15.8 Å². The van der Waals surface area contributed by atoms with Gasteiger partial charge in [-0.05, 0) is 24.3 Å². The number of rotatable bonds is 6. The van der Waals surface area contributed by atoms with Crippen molar-refractivity contribution in [3.63, 3.8) is 0 Å². The first kappa shape index (κ1) is 22.3. The highest BCUT2D eigenvalue weighted by Gasteiger charge is 2.17. The molecule has 0 fully saturated rings. The Bertz CT molecular complexity index is 1270. The van der Waals surface area contributed by atoms with Crippen LogP contribution in [0.15, 0.2) is 64.3 Å². The van der Waals surface area contributed by atoms with Gasteiger partial charge in [-0.3, -0.25) is 19.0 Å². The molecule has 0 radical (unpaired) electrons. The Labute approximate surface area is 184 Å². The van der Waals surface area contributed by atoms with Crippen molar-refractivity contribution in [2.24, 2.45) is 0 Å². The summed E-state index contributed by atoms with van der Waals surface area (Å²) in [4.78, 5) is 49.2. The third-order valence-electron chi connectivity index (χ3n) is 4.11. The number of nitrogens with zero attached hydrogens (tertiary/aromatic N) is 2. The number of anilines is 2. The van der Waals surface area contributed by atoms with Crippen LogP contribution in [0.25, 0.3) is 0 Å². The van der Waals surface area contributed by atoms with Gasteiger partial charge >= 0.3 is 5.69 Å². The predicted octanol–water partition coefficient (Wildman–Crippen LogP) is 2.73. The Morgan fingerprint density at radius 3 is 1.84 bits per heavy atom. The topological polar surface area (TPSA) is 102 Å². The molecule has 0 unspecified atom stereocenters. The molecule has 3 aromatic rings. The molecule has 0 atom stereocenters. The van der Waals surface area contributed by atoms with Gasteiger partial charge in [-0.25, -0.2) is 9.36 Å². The first-order valence-corrected chi connectivity index (χ1v) is 9.60. The highest BCUT2D eigenvalue weighted by molar-refractivity contribution is 6.34. The third kappa shape index (κ3) is 5.39. The number of benzene rings is 2. The van der Waals surface area contributed by atoms with Gasteiger partial charge in [0.2, 0.25) is 17.6 Å².